The second-order valence-corrected chi connectivity index (χ2v) is 7.53. The Hall–Kier alpha value is -4.36. The molecule has 0 radical (unpaired) electrons. The maximum absolute atomic E-state index is 12.9. The fourth-order valence-electron chi connectivity index (χ4n) is 2.91. The van der Waals surface area contributed by atoms with Crippen molar-refractivity contribution in [3.8, 4) is 11.8 Å². The maximum Gasteiger partial charge on any atom is 0.416 e. The second-order valence-electron chi connectivity index (χ2n) is 7.10. The van der Waals surface area contributed by atoms with Crippen molar-refractivity contribution in [1.29, 1.82) is 5.26 Å². The molecule has 3 rings (SSSR count). The van der Waals surface area contributed by atoms with Gasteiger partial charge >= 0.3 is 6.18 Å². The van der Waals surface area contributed by atoms with Gasteiger partial charge in [0.25, 0.3) is 11.6 Å². The number of nitrogens with one attached hydrogen (secondary N) is 1. The van der Waals surface area contributed by atoms with E-state index in [0.717, 1.165) is 18.2 Å². The van der Waals surface area contributed by atoms with Crippen LogP contribution in [0.2, 0.25) is 5.02 Å². The molecule has 1 N–H and O–H groups in total. The third kappa shape index (κ3) is 6.82. The van der Waals surface area contributed by atoms with Gasteiger partial charge in [-0.25, -0.2) is 0 Å². The lowest BCUT2D eigenvalue weighted by atomic mass is 10.1. The molecule has 0 bridgehead atoms. The summed E-state index contributed by atoms with van der Waals surface area (Å²) in [6.07, 6.45) is -3.40. The topological polar surface area (TPSA) is 105 Å². The van der Waals surface area contributed by atoms with E-state index < -0.39 is 28.1 Å². The van der Waals surface area contributed by atoms with E-state index in [1.165, 1.54) is 54.6 Å². The summed E-state index contributed by atoms with van der Waals surface area (Å²) in [5.41, 5.74) is -0.654. The number of hydrogen-bond acceptors (Lipinski definition) is 5. The number of rotatable bonds is 7. The number of amides is 1. The van der Waals surface area contributed by atoms with E-state index in [-0.39, 0.29) is 34.3 Å². The van der Waals surface area contributed by atoms with E-state index in [1.807, 2.05) is 0 Å². The van der Waals surface area contributed by atoms with Gasteiger partial charge in [0.05, 0.1) is 10.5 Å². The minimum atomic E-state index is -4.59. The number of non-ortho nitro benzene ring substituents is 1. The number of halogens is 4. The van der Waals surface area contributed by atoms with E-state index in [1.54, 1.807) is 6.07 Å². The fraction of sp³-hybridized carbons (Fsp3) is 0.0833. The van der Waals surface area contributed by atoms with Crippen molar-refractivity contribution in [2.45, 2.75) is 12.8 Å². The number of benzene rings is 3. The number of carbonyl (C=O) groups excluding carboxylic acids is 1. The number of nitrogens with zero attached hydrogens (tertiary/aromatic N) is 2. The monoisotopic (exact) mass is 501 g/mol. The van der Waals surface area contributed by atoms with Crippen LogP contribution in [0, 0.1) is 21.4 Å². The van der Waals surface area contributed by atoms with Crippen LogP contribution in [0.5, 0.6) is 5.75 Å². The van der Waals surface area contributed by atoms with Gasteiger partial charge in [-0.2, -0.15) is 18.4 Å². The molecule has 0 aliphatic carbocycles. The van der Waals surface area contributed by atoms with Crippen LogP contribution in [-0.2, 0) is 17.6 Å². The zero-order valence-corrected chi connectivity index (χ0v) is 18.4. The van der Waals surface area contributed by atoms with Crippen molar-refractivity contribution in [3.63, 3.8) is 0 Å². The third-order valence-electron chi connectivity index (χ3n) is 4.63. The number of carbonyl (C=O) groups is 1. The Labute approximate surface area is 202 Å². The number of anilines is 1. The molecular weight excluding hydrogens is 487 g/mol. The second kappa shape index (κ2) is 10.7. The van der Waals surface area contributed by atoms with Crippen LogP contribution in [0.1, 0.15) is 16.7 Å². The SMILES string of the molecule is N#C/C(=C\c1cc(Cl)ccc1OCc1ccc([N+](=O)[O-])cc1)C(=O)Nc1cccc(C(F)(F)F)c1. The molecule has 0 atom stereocenters. The van der Waals surface area contributed by atoms with Gasteiger partial charge in [-0.3, -0.25) is 14.9 Å². The number of hydrogen-bond donors (Lipinski definition) is 1. The summed E-state index contributed by atoms with van der Waals surface area (Å²) in [6, 6.07) is 15.9. The Morgan fingerprint density at radius 3 is 2.49 bits per heavy atom. The zero-order valence-electron chi connectivity index (χ0n) is 17.7. The van der Waals surface area contributed by atoms with Crippen LogP contribution in [-0.4, -0.2) is 10.8 Å². The molecule has 3 aromatic rings. The van der Waals surface area contributed by atoms with Crippen molar-refractivity contribution < 1.29 is 27.6 Å². The summed E-state index contributed by atoms with van der Waals surface area (Å²) in [7, 11) is 0. The predicted octanol–water partition coefficient (Wildman–Crippen LogP) is 6.39. The molecule has 0 aromatic heterocycles. The molecule has 0 fully saturated rings. The first kappa shape index (κ1) is 25.3. The highest BCUT2D eigenvalue weighted by Gasteiger charge is 2.30. The Morgan fingerprint density at radius 1 is 1.14 bits per heavy atom. The van der Waals surface area contributed by atoms with E-state index in [4.69, 9.17) is 16.3 Å². The minimum absolute atomic E-state index is 0.0266. The molecule has 7 nitrogen and oxygen atoms in total. The molecule has 3 aromatic carbocycles. The van der Waals surface area contributed by atoms with E-state index in [9.17, 15) is 33.3 Å². The van der Waals surface area contributed by atoms with Gasteiger partial charge in [-0.05, 0) is 60.2 Å². The number of nitro benzene ring substituents is 1. The summed E-state index contributed by atoms with van der Waals surface area (Å²) in [4.78, 5) is 22.8. The molecular formula is C24H15ClF3N3O4. The van der Waals surface area contributed by atoms with Gasteiger partial charge in [0, 0.05) is 28.4 Å². The molecule has 0 saturated heterocycles. The van der Waals surface area contributed by atoms with E-state index in [0.29, 0.717) is 5.56 Å². The first-order chi connectivity index (χ1) is 16.6. The number of nitriles is 1. The Morgan fingerprint density at radius 2 is 1.86 bits per heavy atom. The van der Waals surface area contributed by atoms with Gasteiger partial charge in [-0.15, -0.1) is 0 Å². The molecule has 0 unspecified atom stereocenters. The molecule has 1 amide bonds. The van der Waals surface area contributed by atoms with Crippen molar-refractivity contribution in [3.05, 3.63) is 104 Å². The van der Waals surface area contributed by atoms with Crippen molar-refractivity contribution in [2.75, 3.05) is 5.32 Å². The van der Waals surface area contributed by atoms with Gasteiger partial charge in [0.2, 0.25) is 0 Å². The van der Waals surface area contributed by atoms with Gasteiger partial charge in [0.1, 0.15) is 24.0 Å². The zero-order chi connectivity index (χ0) is 25.6. The highest BCUT2D eigenvalue weighted by atomic mass is 35.5. The number of ether oxygens (including phenoxy) is 1. The summed E-state index contributed by atoms with van der Waals surface area (Å²) < 4.78 is 44.5. The largest absolute Gasteiger partial charge is 0.488 e. The van der Waals surface area contributed by atoms with Crippen molar-refractivity contribution in [2.24, 2.45) is 0 Å². The Bertz CT molecular complexity index is 1330. The lowest BCUT2D eigenvalue weighted by Crippen LogP contribution is -2.14. The Balaban J connectivity index is 1.81. The van der Waals surface area contributed by atoms with E-state index >= 15 is 0 Å². The molecule has 178 valence electrons. The van der Waals surface area contributed by atoms with Crippen molar-refractivity contribution in [1.82, 2.24) is 0 Å². The molecule has 0 aliphatic heterocycles. The third-order valence-corrected chi connectivity index (χ3v) is 4.86. The molecule has 0 aliphatic rings. The van der Waals surface area contributed by atoms with Crippen LogP contribution >= 0.6 is 11.6 Å². The van der Waals surface area contributed by atoms with Crippen LogP contribution < -0.4 is 10.1 Å². The first-order valence-corrected chi connectivity index (χ1v) is 10.2. The minimum Gasteiger partial charge on any atom is -0.488 e. The lowest BCUT2D eigenvalue weighted by Gasteiger charge is -2.11. The molecule has 35 heavy (non-hydrogen) atoms. The fourth-order valence-corrected chi connectivity index (χ4v) is 3.09. The van der Waals surface area contributed by atoms with Gasteiger partial charge in [-0.1, -0.05) is 17.7 Å². The summed E-state index contributed by atoms with van der Waals surface area (Å²) in [5, 5.41) is 22.8. The van der Waals surface area contributed by atoms with E-state index in [2.05, 4.69) is 5.32 Å². The van der Waals surface area contributed by atoms with Gasteiger partial charge in [0.15, 0.2) is 0 Å². The summed E-state index contributed by atoms with van der Waals surface area (Å²) >= 11 is 6.04. The van der Waals surface area contributed by atoms with Crippen LogP contribution in [0.25, 0.3) is 6.08 Å². The molecule has 0 saturated carbocycles. The molecule has 0 heterocycles. The Kier molecular flexibility index (Phi) is 7.73. The van der Waals surface area contributed by atoms with Crippen molar-refractivity contribution >= 4 is 35.0 Å². The first-order valence-electron chi connectivity index (χ1n) is 9.83. The predicted molar refractivity (Wildman–Crippen MR) is 123 cm³/mol. The average Bonchev–Trinajstić information content (AvgIpc) is 2.81. The molecule has 11 heteroatoms. The van der Waals surface area contributed by atoms with Gasteiger partial charge < -0.3 is 10.1 Å². The quantitative estimate of drug-likeness (QED) is 0.175. The van der Waals surface area contributed by atoms with Crippen LogP contribution in [0.3, 0.4) is 0 Å². The highest BCUT2D eigenvalue weighted by Crippen LogP contribution is 2.31. The highest BCUT2D eigenvalue weighted by molar-refractivity contribution is 6.30. The van der Waals surface area contributed by atoms with Crippen LogP contribution in [0.15, 0.2) is 72.3 Å². The maximum atomic E-state index is 12.9. The standard InChI is InChI=1S/C24H15ClF3N3O4/c25-19-6-9-22(35-14-15-4-7-21(8-5-15)31(33)34)16(11-19)10-17(13-29)23(32)30-20-3-1-2-18(12-20)24(26,27)28/h1-12H,14H2,(H,30,32)/b17-10+. The average molecular weight is 502 g/mol. The lowest BCUT2D eigenvalue weighted by molar-refractivity contribution is -0.384. The molecule has 0 spiro atoms. The van der Waals surface area contributed by atoms with Crippen LogP contribution in [0.4, 0.5) is 24.5 Å². The number of nitro groups is 1. The summed E-state index contributed by atoms with van der Waals surface area (Å²) in [5.74, 6) is -0.666. The smallest absolute Gasteiger partial charge is 0.416 e. The summed E-state index contributed by atoms with van der Waals surface area (Å²) in [6.45, 7) is 0.0266. The normalized spacial score (nSPS) is 11.5. The number of alkyl halides is 3.